The molecular weight excluding hydrogens is 386 g/mol. The van der Waals surface area contributed by atoms with Crippen LogP contribution in [0, 0.1) is 0 Å². The highest BCUT2D eigenvalue weighted by molar-refractivity contribution is 5.91. The number of ether oxygens (including phenoxy) is 3. The molecule has 9 heteroatoms. The zero-order valence-corrected chi connectivity index (χ0v) is 18.3. The van der Waals surface area contributed by atoms with E-state index in [4.69, 9.17) is 14.2 Å². The van der Waals surface area contributed by atoms with Crippen molar-refractivity contribution in [1.29, 1.82) is 0 Å². The Morgan fingerprint density at radius 3 is 2.37 bits per heavy atom. The lowest BCUT2D eigenvalue weighted by Gasteiger charge is -2.25. The van der Waals surface area contributed by atoms with Gasteiger partial charge in [0.1, 0.15) is 5.75 Å². The lowest BCUT2D eigenvalue weighted by atomic mass is 10.1. The molecule has 1 aromatic heterocycles. The summed E-state index contributed by atoms with van der Waals surface area (Å²) in [4.78, 5) is 16.6. The van der Waals surface area contributed by atoms with Gasteiger partial charge in [-0.2, -0.15) is 0 Å². The number of methoxy groups -OCH3 is 3. The smallest absolute Gasteiger partial charge is 0.276 e. The summed E-state index contributed by atoms with van der Waals surface area (Å²) in [5.74, 6) is 2.02. The van der Waals surface area contributed by atoms with E-state index in [-0.39, 0.29) is 5.91 Å². The molecule has 0 N–H and O–H groups in total. The first-order valence-electron chi connectivity index (χ1n) is 10.2. The van der Waals surface area contributed by atoms with E-state index in [2.05, 4.69) is 15.2 Å². The molecular formula is C21H31N5O4. The van der Waals surface area contributed by atoms with Crippen LogP contribution in [0.1, 0.15) is 35.3 Å². The molecule has 3 rings (SSSR count). The van der Waals surface area contributed by atoms with Gasteiger partial charge >= 0.3 is 0 Å². The summed E-state index contributed by atoms with van der Waals surface area (Å²) in [7, 11) is 6.88. The van der Waals surface area contributed by atoms with Gasteiger partial charge in [0, 0.05) is 37.8 Å². The van der Waals surface area contributed by atoms with Gasteiger partial charge < -0.3 is 24.0 Å². The molecule has 164 valence electrons. The van der Waals surface area contributed by atoms with Crippen molar-refractivity contribution in [3.05, 3.63) is 29.6 Å². The van der Waals surface area contributed by atoms with Gasteiger partial charge in [-0.25, -0.2) is 0 Å². The normalized spacial score (nSPS) is 14.1. The van der Waals surface area contributed by atoms with Crippen molar-refractivity contribution in [3.8, 4) is 17.2 Å². The van der Waals surface area contributed by atoms with Crippen molar-refractivity contribution in [1.82, 2.24) is 24.8 Å². The van der Waals surface area contributed by atoms with Gasteiger partial charge in [-0.05, 0) is 32.4 Å². The van der Waals surface area contributed by atoms with Crippen molar-refractivity contribution in [2.45, 2.75) is 32.4 Å². The Morgan fingerprint density at radius 2 is 1.70 bits per heavy atom. The second-order valence-electron chi connectivity index (χ2n) is 7.48. The Labute approximate surface area is 177 Å². The average molecular weight is 418 g/mol. The van der Waals surface area contributed by atoms with E-state index < -0.39 is 0 Å². The van der Waals surface area contributed by atoms with Crippen molar-refractivity contribution >= 4 is 5.91 Å². The number of benzene rings is 1. The number of rotatable bonds is 9. The molecule has 0 radical (unpaired) electrons. The first kappa shape index (κ1) is 21.9. The van der Waals surface area contributed by atoms with Gasteiger partial charge in [0.25, 0.3) is 5.91 Å². The number of likely N-dealkylation sites (N-methyl/N-ethyl adjacent to an activating group) is 1. The van der Waals surface area contributed by atoms with Gasteiger partial charge in [-0.1, -0.05) is 5.21 Å². The van der Waals surface area contributed by atoms with Crippen LogP contribution in [0.3, 0.4) is 0 Å². The number of nitrogens with zero attached hydrogens (tertiary/aromatic N) is 5. The summed E-state index contributed by atoms with van der Waals surface area (Å²) in [6, 6.07) is 3.76. The highest BCUT2D eigenvalue weighted by Gasteiger charge is 2.21. The lowest BCUT2D eigenvalue weighted by molar-refractivity contribution is 0.0718. The van der Waals surface area contributed by atoms with Crippen LogP contribution in [0.2, 0.25) is 0 Å². The number of aromatic nitrogens is 3. The number of hydrogen-bond acceptors (Lipinski definition) is 7. The van der Waals surface area contributed by atoms with Gasteiger partial charge in [-0.3, -0.25) is 9.48 Å². The van der Waals surface area contributed by atoms with Crippen molar-refractivity contribution in [2.75, 3.05) is 48.0 Å². The van der Waals surface area contributed by atoms with Crippen LogP contribution in [0.4, 0.5) is 0 Å². The fraction of sp³-hybridized carbons (Fsp3) is 0.571. The lowest BCUT2D eigenvalue weighted by Crippen LogP contribution is -2.35. The molecule has 0 unspecified atom stereocenters. The van der Waals surface area contributed by atoms with Crippen molar-refractivity contribution in [2.24, 2.45) is 0 Å². The zero-order valence-electron chi connectivity index (χ0n) is 18.3. The van der Waals surface area contributed by atoms with Crippen LogP contribution in [0.5, 0.6) is 17.2 Å². The molecule has 0 spiro atoms. The topological polar surface area (TPSA) is 82.0 Å². The second-order valence-corrected chi connectivity index (χ2v) is 7.48. The Hall–Kier alpha value is -2.81. The molecule has 1 aliphatic heterocycles. The molecule has 1 saturated heterocycles. The fourth-order valence-corrected chi connectivity index (χ4v) is 3.62. The van der Waals surface area contributed by atoms with E-state index in [1.807, 2.05) is 24.1 Å². The third-order valence-electron chi connectivity index (χ3n) is 5.34. The molecule has 0 atom stereocenters. The predicted octanol–water partition coefficient (Wildman–Crippen LogP) is 2.06. The summed E-state index contributed by atoms with van der Waals surface area (Å²) in [5, 5.41) is 8.20. The minimum absolute atomic E-state index is 0.0237. The number of hydrogen-bond donors (Lipinski definition) is 0. The number of piperidine rings is 1. The summed E-state index contributed by atoms with van der Waals surface area (Å²) >= 11 is 0. The highest BCUT2D eigenvalue weighted by atomic mass is 16.5. The minimum Gasteiger partial charge on any atom is -0.496 e. The predicted molar refractivity (Wildman–Crippen MR) is 112 cm³/mol. The molecule has 1 aromatic carbocycles. The van der Waals surface area contributed by atoms with Gasteiger partial charge in [0.05, 0.1) is 34.1 Å². The molecule has 0 aliphatic carbocycles. The van der Waals surface area contributed by atoms with Crippen molar-refractivity contribution < 1.29 is 19.0 Å². The molecule has 1 aliphatic rings. The van der Waals surface area contributed by atoms with E-state index in [9.17, 15) is 4.79 Å². The number of carbonyl (C=O) groups excluding carboxylic acids is 1. The summed E-state index contributed by atoms with van der Waals surface area (Å²) < 4.78 is 18.0. The SMILES string of the molecule is COc1cc(OC)c(OC)cc1CN(C)CCn1cc(C(=O)N2CCCCC2)nn1. The van der Waals surface area contributed by atoms with Crippen LogP contribution in [-0.2, 0) is 13.1 Å². The van der Waals surface area contributed by atoms with Crippen LogP contribution in [0.15, 0.2) is 18.3 Å². The average Bonchev–Trinajstić information content (AvgIpc) is 3.26. The molecule has 1 fully saturated rings. The zero-order chi connectivity index (χ0) is 21.5. The van der Waals surface area contributed by atoms with E-state index in [0.29, 0.717) is 30.3 Å². The largest absolute Gasteiger partial charge is 0.496 e. The Bertz CT molecular complexity index is 848. The van der Waals surface area contributed by atoms with E-state index >= 15 is 0 Å². The second kappa shape index (κ2) is 10.3. The number of carbonyl (C=O) groups is 1. The molecule has 9 nitrogen and oxygen atoms in total. The van der Waals surface area contributed by atoms with Crippen LogP contribution >= 0.6 is 0 Å². The first-order valence-corrected chi connectivity index (χ1v) is 10.2. The molecule has 1 amide bonds. The fourth-order valence-electron chi connectivity index (χ4n) is 3.62. The summed E-state index contributed by atoms with van der Waals surface area (Å²) in [6.07, 6.45) is 5.05. The molecule has 0 saturated carbocycles. The van der Waals surface area contributed by atoms with Crippen LogP contribution in [0.25, 0.3) is 0 Å². The first-order chi connectivity index (χ1) is 14.5. The maximum Gasteiger partial charge on any atom is 0.276 e. The maximum atomic E-state index is 12.5. The maximum absolute atomic E-state index is 12.5. The van der Waals surface area contributed by atoms with Gasteiger partial charge in [0.15, 0.2) is 17.2 Å². The van der Waals surface area contributed by atoms with E-state index in [0.717, 1.165) is 43.8 Å². The number of likely N-dealkylation sites (tertiary alicyclic amines) is 1. The van der Waals surface area contributed by atoms with Crippen LogP contribution < -0.4 is 14.2 Å². The van der Waals surface area contributed by atoms with Gasteiger partial charge in [0.2, 0.25) is 0 Å². The standard InChI is InChI=1S/C21H31N5O4/c1-24(14-16-12-19(29-3)20(30-4)13-18(16)28-2)10-11-26-15-17(22-23-26)21(27)25-8-6-5-7-9-25/h12-13,15H,5-11,14H2,1-4H3. The monoisotopic (exact) mass is 417 g/mol. The van der Waals surface area contributed by atoms with Gasteiger partial charge in [-0.15, -0.1) is 5.10 Å². The Morgan fingerprint density at radius 1 is 1.03 bits per heavy atom. The minimum atomic E-state index is -0.0237. The quantitative estimate of drug-likeness (QED) is 0.618. The summed E-state index contributed by atoms with van der Waals surface area (Å²) in [5.41, 5.74) is 1.42. The summed E-state index contributed by atoms with van der Waals surface area (Å²) in [6.45, 7) is 3.64. The molecule has 0 bridgehead atoms. The van der Waals surface area contributed by atoms with Crippen LogP contribution in [-0.4, -0.2) is 78.7 Å². The Kier molecular flexibility index (Phi) is 7.51. The molecule has 2 aromatic rings. The molecule has 30 heavy (non-hydrogen) atoms. The van der Waals surface area contributed by atoms with E-state index in [1.54, 1.807) is 32.2 Å². The number of amides is 1. The Balaban J connectivity index is 1.58. The van der Waals surface area contributed by atoms with Crippen molar-refractivity contribution in [3.63, 3.8) is 0 Å². The third-order valence-corrected chi connectivity index (χ3v) is 5.34. The highest BCUT2D eigenvalue weighted by Crippen LogP contribution is 2.35. The van der Waals surface area contributed by atoms with E-state index in [1.165, 1.54) is 6.42 Å². The third kappa shape index (κ3) is 5.21. The molecule has 2 heterocycles.